The molecule has 0 aromatic carbocycles. The second kappa shape index (κ2) is 6.49. The first-order valence-electron chi connectivity index (χ1n) is 13.6. The summed E-state index contributed by atoms with van der Waals surface area (Å²) in [6.45, 7) is 12.0. The average Bonchev–Trinajstić information content (AvgIpc) is 3.67. The van der Waals surface area contributed by atoms with Crippen LogP contribution in [-0.4, -0.2) is 6.29 Å². The third-order valence-corrected chi connectivity index (χ3v) is 11.1. The lowest BCUT2D eigenvalue weighted by molar-refractivity contribution is -0.104. The second-order valence-electron chi connectivity index (χ2n) is 12.5. The Morgan fingerprint density at radius 2 is 1.81 bits per heavy atom. The van der Waals surface area contributed by atoms with E-state index in [9.17, 15) is 4.79 Å². The van der Waals surface area contributed by atoms with Crippen molar-refractivity contribution < 1.29 is 4.79 Å². The summed E-state index contributed by atoms with van der Waals surface area (Å²) in [6, 6.07) is 0. The Morgan fingerprint density at radius 3 is 2.47 bits per heavy atom. The Balaban J connectivity index is 1.29. The Kier molecular flexibility index (Phi) is 4.01. The molecular formula is C31H38O. The van der Waals surface area contributed by atoms with Crippen molar-refractivity contribution in [2.75, 3.05) is 0 Å². The molecule has 0 spiro atoms. The molecule has 5 unspecified atom stereocenters. The van der Waals surface area contributed by atoms with Crippen LogP contribution in [0.1, 0.15) is 78.6 Å². The lowest BCUT2D eigenvalue weighted by Crippen LogP contribution is -2.44. The van der Waals surface area contributed by atoms with Crippen molar-refractivity contribution in [3.63, 3.8) is 0 Å². The molecule has 7 aliphatic carbocycles. The number of aldehydes is 1. The highest BCUT2D eigenvalue weighted by Gasteiger charge is 2.68. The number of hydrogen-bond acceptors (Lipinski definition) is 1. The largest absolute Gasteiger partial charge is 0.299 e. The normalized spacial score (nSPS) is 41.3. The minimum atomic E-state index is 0.502. The Bertz CT molecular complexity index is 1050. The SMILES string of the molecule is C=C(C1CC1)C1C2=C3C(=C21)C3C1CC2(C)C(C)CCC2C2CC/C(=C/C=O)C(CCC)=C12. The maximum Gasteiger partial charge on any atom is 0.143 e. The fraction of sp³-hybridized carbons (Fsp3) is 0.645. The summed E-state index contributed by atoms with van der Waals surface area (Å²) < 4.78 is 0. The molecule has 0 aromatic heterocycles. The highest BCUT2D eigenvalue weighted by molar-refractivity contribution is 5.90. The third kappa shape index (κ3) is 2.39. The minimum absolute atomic E-state index is 0.502. The van der Waals surface area contributed by atoms with Gasteiger partial charge in [0, 0.05) is 11.8 Å². The van der Waals surface area contributed by atoms with Gasteiger partial charge in [0.25, 0.3) is 0 Å². The van der Waals surface area contributed by atoms with Crippen LogP contribution in [0.15, 0.2) is 57.2 Å². The molecule has 0 radical (unpaired) electrons. The summed E-state index contributed by atoms with van der Waals surface area (Å²) in [7, 11) is 0. The first-order valence-corrected chi connectivity index (χ1v) is 13.6. The molecule has 32 heavy (non-hydrogen) atoms. The van der Waals surface area contributed by atoms with Gasteiger partial charge in [-0.15, -0.1) is 0 Å². The maximum atomic E-state index is 11.5. The van der Waals surface area contributed by atoms with Crippen molar-refractivity contribution in [3.05, 3.63) is 57.2 Å². The smallest absolute Gasteiger partial charge is 0.143 e. The molecule has 0 aliphatic heterocycles. The van der Waals surface area contributed by atoms with Crippen molar-refractivity contribution >= 4 is 6.29 Å². The number of rotatable bonds is 6. The van der Waals surface area contributed by atoms with Gasteiger partial charge in [-0.2, -0.15) is 0 Å². The predicted molar refractivity (Wildman–Crippen MR) is 130 cm³/mol. The van der Waals surface area contributed by atoms with E-state index in [2.05, 4.69) is 27.4 Å². The number of allylic oxidation sites excluding steroid dienone is 9. The molecule has 0 heterocycles. The minimum Gasteiger partial charge on any atom is -0.299 e. The molecule has 1 heteroatoms. The van der Waals surface area contributed by atoms with Gasteiger partial charge in [0.2, 0.25) is 0 Å². The summed E-state index contributed by atoms with van der Waals surface area (Å²) in [4.78, 5) is 11.5. The quantitative estimate of drug-likeness (QED) is 0.244. The fourth-order valence-corrected chi connectivity index (χ4v) is 9.20. The number of carbonyl (C=O) groups excluding carboxylic acids is 1. The van der Waals surface area contributed by atoms with Crippen LogP contribution in [0.2, 0.25) is 0 Å². The summed E-state index contributed by atoms with van der Waals surface area (Å²) >= 11 is 0. The first-order chi connectivity index (χ1) is 15.5. The number of fused-ring (bicyclic) bond motifs is 5. The molecule has 1 nitrogen and oxygen atoms in total. The van der Waals surface area contributed by atoms with Gasteiger partial charge in [-0.1, -0.05) is 44.9 Å². The van der Waals surface area contributed by atoms with Crippen LogP contribution in [0.4, 0.5) is 0 Å². The zero-order chi connectivity index (χ0) is 21.9. The van der Waals surface area contributed by atoms with Crippen molar-refractivity contribution in [2.24, 2.45) is 46.8 Å². The molecule has 5 fully saturated rings. The molecule has 0 aromatic rings. The molecule has 5 saturated carbocycles. The van der Waals surface area contributed by atoms with E-state index in [1.165, 1.54) is 50.5 Å². The van der Waals surface area contributed by atoms with E-state index < -0.39 is 0 Å². The van der Waals surface area contributed by atoms with Gasteiger partial charge in [-0.3, -0.25) is 4.79 Å². The number of carbonyl (C=O) groups is 1. The van der Waals surface area contributed by atoms with Crippen molar-refractivity contribution in [3.8, 4) is 0 Å². The van der Waals surface area contributed by atoms with Gasteiger partial charge in [-0.05, 0) is 126 Å². The van der Waals surface area contributed by atoms with Gasteiger partial charge in [0.15, 0.2) is 0 Å². The fourth-order valence-electron chi connectivity index (χ4n) is 9.20. The van der Waals surface area contributed by atoms with Crippen LogP contribution in [0.3, 0.4) is 0 Å². The molecule has 0 saturated heterocycles. The molecule has 0 bridgehead atoms. The van der Waals surface area contributed by atoms with Gasteiger partial charge < -0.3 is 0 Å². The van der Waals surface area contributed by atoms with Crippen LogP contribution < -0.4 is 0 Å². The maximum absolute atomic E-state index is 11.5. The van der Waals surface area contributed by atoms with Crippen molar-refractivity contribution in [1.29, 1.82) is 0 Å². The van der Waals surface area contributed by atoms with E-state index in [1.54, 1.807) is 33.4 Å². The lowest BCUT2D eigenvalue weighted by atomic mass is 9.52. The van der Waals surface area contributed by atoms with Gasteiger partial charge >= 0.3 is 0 Å². The van der Waals surface area contributed by atoms with Crippen LogP contribution in [0.25, 0.3) is 0 Å². The third-order valence-electron chi connectivity index (χ3n) is 11.1. The predicted octanol–water partition coefficient (Wildman–Crippen LogP) is 7.52. The number of hydrogen-bond donors (Lipinski definition) is 0. The van der Waals surface area contributed by atoms with Crippen molar-refractivity contribution in [1.82, 2.24) is 0 Å². The molecule has 7 rings (SSSR count). The zero-order valence-electron chi connectivity index (χ0n) is 20.2. The molecule has 0 N–H and O–H groups in total. The molecule has 168 valence electrons. The van der Waals surface area contributed by atoms with Crippen LogP contribution in [0.5, 0.6) is 0 Å². The van der Waals surface area contributed by atoms with Crippen LogP contribution in [-0.2, 0) is 4.79 Å². The van der Waals surface area contributed by atoms with E-state index in [4.69, 9.17) is 0 Å². The summed E-state index contributed by atoms with van der Waals surface area (Å²) in [5.74, 6) is 5.41. The van der Waals surface area contributed by atoms with Crippen LogP contribution >= 0.6 is 0 Å². The zero-order valence-corrected chi connectivity index (χ0v) is 20.2. The van der Waals surface area contributed by atoms with E-state index in [1.807, 2.05) is 11.6 Å². The topological polar surface area (TPSA) is 17.1 Å². The lowest BCUT2D eigenvalue weighted by Gasteiger charge is -2.52. The van der Waals surface area contributed by atoms with E-state index in [-0.39, 0.29) is 0 Å². The van der Waals surface area contributed by atoms with E-state index >= 15 is 0 Å². The Morgan fingerprint density at radius 1 is 1.06 bits per heavy atom. The van der Waals surface area contributed by atoms with Crippen LogP contribution in [0, 0.1) is 46.8 Å². The Labute approximate surface area is 193 Å². The highest BCUT2D eigenvalue weighted by atomic mass is 16.1. The average molecular weight is 427 g/mol. The molecular weight excluding hydrogens is 388 g/mol. The van der Waals surface area contributed by atoms with Gasteiger partial charge in [-0.25, -0.2) is 0 Å². The summed E-state index contributed by atoms with van der Waals surface area (Å²) in [5.41, 5.74) is 13.9. The van der Waals surface area contributed by atoms with E-state index in [0.717, 1.165) is 48.7 Å². The summed E-state index contributed by atoms with van der Waals surface area (Å²) in [6.07, 6.45) is 14.7. The standard InChI is InChI=1S/C31H38O/c1-5-6-20-19(13-14-32)10-11-21-23-12-7-16(2)31(23,4)15-22(25(20)21)26-29-27-24(28(27)30(26)29)17(3)18-8-9-18/h13-14,16,18,21-24,26H,3,5-12,15H2,1-2,4H3/b19-13-. The highest BCUT2D eigenvalue weighted by Crippen LogP contribution is 2.80. The summed E-state index contributed by atoms with van der Waals surface area (Å²) in [5, 5.41) is 0. The monoisotopic (exact) mass is 426 g/mol. The van der Waals surface area contributed by atoms with Gasteiger partial charge in [0.05, 0.1) is 0 Å². The van der Waals surface area contributed by atoms with E-state index in [0.29, 0.717) is 17.3 Å². The molecule has 5 atom stereocenters. The first kappa shape index (κ1) is 19.8. The Hall–Kier alpha value is -1.63. The second-order valence-corrected chi connectivity index (χ2v) is 12.5. The van der Waals surface area contributed by atoms with Gasteiger partial charge in [0.1, 0.15) is 6.29 Å². The van der Waals surface area contributed by atoms with Crippen molar-refractivity contribution in [2.45, 2.75) is 78.6 Å². The molecule has 7 aliphatic rings. The molecule has 0 amide bonds.